The monoisotopic (exact) mass is 196 g/mol. The second-order valence-corrected chi connectivity index (χ2v) is 3.82. The summed E-state index contributed by atoms with van der Waals surface area (Å²) < 4.78 is 0. The molecule has 0 fully saturated rings. The maximum absolute atomic E-state index is 2.29. The Morgan fingerprint density at radius 3 is 2.60 bits per heavy atom. The molecule has 0 saturated heterocycles. The topological polar surface area (TPSA) is 0 Å². The minimum Gasteiger partial charge on any atom is -0.0651 e. The smallest absolute Gasteiger partial charge is 0.0181 e. The Balaban J connectivity index is 2.35. The molecule has 0 saturated carbocycles. The first kappa shape index (κ1) is 9.97. The summed E-state index contributed by atoms with van der Waals surface area (Å²) in [7, 11) is 0. The van der Waals surface area contributed by atoms with Crippen molar-refractivity contribution in [3.63, 3.8) is 0 Å². The van der Waals surface area contributed by atoms with E-state index in [1.807, 2.05) is 0 Å². The predicted molar refractivity (Wildman–Crippen MR) is 66.6 cm³/mol. The van der Waals surface area contributed by atoms with Crippen molar-refractivity contribution in [1.82, 2.24) is 0 Å². The van der Waals surface area contributed by atoms with Crippen LogP contribution in [0.1, 0.15) is 19.8 Å². The third-order valence-corrected chi connectivity index (χ3v) is 2.57. The molecule has 0 unspecified atom stereocenters. The third-order valence-electron chi connectivity index (χ3n) is 2.57. The molecule has 0 amide bonds. The lowest BCUT2D eigenvalue weighted by molar-refractivity contribution is 0.926. The molecule has 2 aliphatic rings. The largest absolute Gasteiger partial charge is 0.0651 e. The van der Waals surface area contributed by atoms with E-state index in [0.29, 0.717) is 0 Å². The van der Waals surface area contributed by atoms with Crippen LogP contribution in [0.5, 0.6) is 0 Å². The first-order valence-corrected chi connectivity index (χ1v) is 5.54. The van der Waals surface area contributed by atoms with Gasteiger partial charge in [0.1, 0.15) is 0 Å². The average molecular weight is 196 g/mol. The minimum absolute atomic E-state index is 1.16. The predicted octanol–water partition coefficient (Wildman–Crippen LogP) is 4.26. The highest BCUT2D eigenvalue weighted by molar-refractivity contribution is 5.55. The Kier molecular flexibility index (Phi) is 3.18. The molecule has 2 rings (SSSR count). The summed E-state index contributed by atoms with van der Waals surface area (Å²) in [6, 6.07) is 0. The zero-order valence-electron chi connectivity index (χ0n) is 9.11. The number of hydrogen-bond acceptors (Lipinski definition) is 0. The molecule has 76 valence electrons. The second-order valence-electron chi connectivity index (χ2n) is 3.82. The molecule has 0 aliphatic heterocycles. The van der Waals surface area contributed by atoms with Gasteiger partial charge in [-0.3, -0.25) is 0 Å². The highest BCUT2D eigenvalue weighted by atomic mass is 14.1. The van der Waals surface area contributed by atoms with Crippen LogP contribution >= 0.6 is 0 Å². The second kappa shape index (κ2) is 4.79. The minimum atomic E-state index is 1.16. The quantitative estimate of drug-likeness (QED) is 0.619. The molecular formula is C15H16. The molecule has 0 bridgehead atoms. The highest BCUT2D eigenvalue weighted by Crippen LogP contribution is 2.23. The van der Waals surface area contributed by atoms with Crippen molar-refractivity contribution >= 4 is 0 Å². The number of fused-ring (bicyclic) bond motifs is 1. The van der Waals surface area contributed by atoms with Crippen molar-refractivity contribution in [1.29, 1.82) is 0 Å². The Bertz CT molecular complexity index is 409. The molecule has 15 heavy (non-hydrogen) atoms. The van der Waals surface area contributed by atoms with E-state index in [2.05, 4.69) is 61.6 Å². The number of rotatable bonds is 2. The van der Waals surface area contributed by atoms with E-state index in [0.717, 1.165) is 6.42 Å². The van der Waals surface area contributed by atoms with Crippen molar-refractivity contribution in [2.45, 2.75) is 19.8 Å². The van der Waals surface area contributed by atoms with E-state index in [1.165, 1.54) is 23.1 Å². The van der Waals surface area contributed by atoms with Crippen LogP contribution in [-0.4, -0.2) is 0 Å². The van der Waals surface area contributed by atoms with Crippen LogP contribution in [0.15, 0.2) is 71.4 Å². The van der Waals surface area contributed by atoms with Gasteiger partial charge in [-0.2, -0.15) is 0 Å². The lowest BCUT2D eigenvalue weighted by atomic mass is 10.0. The Morgan fingerprint density at radius 1 is 0.867 bits per heavy atom. The van der Waals surface area contributed by atoms with Gasteiger partial charge in [-0.1, -0.05) is 68.0 Å². The Hall–Kier alpha value is -1.56. The third kappa shape index (κ3) is 2.47. The molecule has 2 aliphatic carbocycles. The molecular weight excluding hydrogens is 180 g/mol. The number of allylic oxidation sites excluding steroid dienone is 12. The molecule has 0 atom stereocenters. The van der Waals surface area contributed by atoms with Gasteiger partial charge in [-0.25, -0.2) is 0 Å². The molecule has 0 heterocycles. The van der Waals surface area contributed by atoms with Crippen molar-refractivity contribution < 1.29 is 0 Å². The summed E-state index contributed by atoms with van der Waals surface area (Å²) in [6.45, 7) is 2.22. The lowest BCUT2D eigenvalue weighted by Gasteiger charge is -2.02. The zero-order chi connectivity index (χ0) is 10.5. The summed E-state index contributed by atoms with van der Waals surface area (Å²) in [5.74, 6) is 0. The lowest BCUT2D eigenvalue weighted by Crippen LogP contribution is -1.83. The van der Waals surface area contributed by atoms with Crippen molar-refractivity contribution in [2.24, 2.45) is 0 Å². The van der Waals surface area contributed by atoms with Gasteiger partial charge in [0.2, 0.25) is 0 Å². The Morgan fingerprint density at radius 2 is 1.73 bits per heavy atom. The molecule has 0 N–H and O–H groups in total. The van der Waals surface area contributed by atoms with E-state index in [4.69, 9.17) is 0 Å². The average Bonchev–Trinajstić information content (AvgIpc) is 2.52. The van der Waals surface area contributed by atoms with Crippen LogP contribution in [0.25, 0.3) is 0 Å². The van der Waals surface area contributed by atoms with Crippen LogP contribution in [-0.2, 0) is 0 Å². The SMILES string of the molecule is CCCC1=CC2=CC=CC=CC2=CC=C1. The Labute approximate surface area is 91.7 Å². The van der Waals surface area contributed by atoms with Crippen molar-refractivity contribution in [3.8, 4) is 0 Å². The molecule has 0 nitrogen and oxygen atoms in total. The molecule has 0 radical (unpaired) electrons. The normalized spacial score (nSPS) is 18.6. The van der Waals surface area contributed by atoms with Gasteiger partial charge in [-0.15, -0.1) is 0 Å². The number of hydrogen-bond donors (Lipinski definition) is 0. The standard InChI is InChI=1S/C15H16/c1-2-7-13-8-6-11-14-9-4-3-5-10-15(14)12-13/h3-6,8-12H,2,7H2,1H3. The van der Waals surface area contributed by atoms with Crippen LogP contribution in [0.3, 0.4) is 0 Å². The first-order valence-electron chi connectivity index (χ1n) is 5.54. The highest BCUT2D eigenvalue weighted by Gasteiger charge is 2.03. The van der Waals surface area contributed by atoms with Gasteiger partial charge in [0.15, 0.2) is 0 Å². The molecule has 0 aromatic heterocycles. The van der Waals surface area contributed by atoms with Gasteiger partial charge in [-0.05, 0) is 23.1 Å². The van der Waals surface area contributed by atoms with Gasteiger partial charge in [0.05, 0.1) is 0 Å². The maximum Gasteiger partial charge on any atom is -0.0181 e. The molecule has 0 aromatic rings. The molecule has 0 spiro atoms. The van der Waals surface area contributed by atoms with E-state index in [-0.39, 0.29) is 0 Å². The molecule has 0 aromatic carbocycles. The summed E-state index contributed by atoms with van der Waals surface area (Å²) in [5, 5.41) is 0. The fourth-order valence-electron chi connectivity index (χ4n) is 1.83. The van der Waals surface area contributed by atoms with E-state index < -0.39 is 0 Å². The van der Waals surface area contributed by atoms with Crippen molar-refractivity contribution in [2.75, 3.05) is 0 Å². The zero-order valence-corrected chi connectivity index (χ0v) is 9.11. The van der Waals surface area contributed by atoms with Crippen molar-refractivity contribution in [3.05, 3.63) is 71.4 Å². The summed E-state index contributed by atoms with van der Waals surface area (Å²) in [4.78, 5) is 0. The molecule has 0 heteroatoms. The van der Waals surface area contributed by atoms with E-state index >= 15 is 0 Å². The van der Waals surface area contributed by atoms with Crippen LogP contribution in [0.2, 0.25) is 0 Å². The summed E-state index contributed by atoms with van der Waals surface area (Å²) >= 11 is 0. The fourth-order valence-corrected chi connectivity index (χ4v) is 1.83. The van der Waals surface area contributed by atoms with Gasteiger partial charge in [0.25, 0.3) is 0 Å². The van der Waals surface area contributed by atoms with Crippen LogP contribution < -0.4 is 0 Å². The van der Waals surface area contributed by atoms with E-state index in [1.54, 1.807) is 0 Å². The maximum atomic E-state index is 2.29. The summed E-state index contributed by atoms with van der Waals surface area (Å²) in [6.07, 6.45) is 21.8. The first-order chi connectivity index (χ1) is 7.40. The van der Waals surface area contributed by atoms with Crippen LogP contribution in [0, 0.1) is 0 Å². The van der Waals surface area contributed by atoms with Gasteiger partial charge < -0.3 is 0 Å². The fraction of sp³-hybridized carbons (Fsp3) is 0.200. The van der Waals surface area contributed by atoms with Crippen LogP contribution in [0.4, 0.5) is 0 Å². The van der Waals surface area contributed by atoms with E-state index in [9.17, 15) is 0 Å². The van der Waals surface area contributed by atoms with Gasteiger partial charge in [0, 0.05) is 0 Å². The van der Waals surface area contributed by atoms with Gasteiger partial charge >= 0.3 is 0 Å². The summed E-state index contributed by atoms with van der Waals surface area (Å²) in [5.41, 5.74) is 4.02.